The lowest BCUT2D eigenvalue weighted by atomic mass is 9.77. The van der Waals surface area contributed by atoms with Crippen LogP contribution in [0.1, 0.15) is 30.0 Å². The second-order valence-corrected chi connectivity index (χ2v) is 6.00. The van der Waals surface area contributed by atoms with Crippen molar-refractivity contribution in [1.29, 1.82) is 0 Å². The molecule has 0 aliphatic heterocycles. The minimum atomic E-state index is -0.486. The maximum absolute atomic E-state index is 10.8. The van der Waals surface area contributed by atoms with Crippen molar-refractivity contribution >= 4 is 17.0 Å². The van der Waals surface area contributed by atoms with Crippen LogP contribution in [0.3, 0.4) is 0 Å². The number of nitro groups is 1. The van der Waals surface area contributed by atoms with E-state index in [1.54, 1.807) is 6.92 Å². The van der Waals surface area contributed by atoms with E-state index < -0.39 is 10.5 Å². The molecule has 2 aromatic heterocycles. The Morgan fingerprint density at radius 3 is 2.84 bits per heavy atom. The second-order valence-electron chi connectivity index (χ2n) is 4.74. The number of hydrogen-bond donors (Lipinski definition) is 1. The monoisotopic (exact) mass is 280 g/mol. The Morgan fingerprint density at radius 2 is 2.32 bits per heavy atom. The molecule has 2 N–H and O–H groups in total. The van der Waals surface area contributed by atoms with Gasteiger partial charge in [0, 0.05) is 6.07 Å². The van der Waals surface area contributed by atoms with Gasteiger partial charge in [-0.25, -0.2) is 0 Å². The minimum Gasteiger partial charge on any atom is -0.333 e. The number of nitrogens with two attached hydrogens (primary N) is 1. The number of rotatable bonds is 3. The lowest BCUT2D eigenvalue weighted by molar-refractivity contribution is -0.385. The quantitative estimate of drug-likeness (QED) is 0.682. The van der Waals surface area contributed by atoms with E-state index in [9.17, 15) is 10.1 Å². The summed E-state index contributed by atoms with van der Waals surface area (Å²) in [6, 6.07) is 1.46. The second kappa shape index (κ2) is 4.10. The van der Waals surface area contributed by atoms with Gasteiger partial charge in [0.25, 0.3) is 11.6 Å². The van der Waals surface area contributed by atoms with Gasteiger partial charge in [0.05, 0.1) is 20.2 Å². The first kappa shape index (κ1) is 12.2. The molecule has 1 fully saturated rings. The fraction of sp³-hybridized carbons (Fsp3) is 0.455. The van der Waals surface area contributed by atoms with Gasteiger partial charge in [-0.15, -0.1) is 11.3 Å². The highest BCUT2D eigenvalue weighted by Gasteiger charge is 2.39. The van der Waals surface area contributed by atoms with Crippen molar-refractivity contribution in [3.63, 3.8) is 0 Å². The summed E-state index contributed by atoms with van der Waals surface area (Å²) < 4.78 is 5.17. The fourth-order valence-electron chi connectivity index (χ4n) is 2.07. The smallest absolute Gasteiger partial charge is 0.283 e. The normalized spacial score (nSPS) is 17.2. The van der Waals surface area contributed by atoms with Crippen molar-refractivity contribution in [2.24, 2.45) is 5.73 Å². The number of nitrogens with zero attached hydrogens (tertiary/aromatic N) is 3. The Balaban J connectivity index is 1.94. The molecule has 100 valence electrons. The highest BCUT2D eigenvalue weighted by atomic mass is 32.1. The summed E-state index contributed by atoms with van der Waals surface area (Å²) in [5, 5.41) is 14.7. The van der Waals surface area contributed by atoms with E-state index in [0.29, 0.717) is 21.5 Å². The molecule has 0 bridgehead atoms. The molecule has 2 heterocycles. The van der Waals surface area contributed by atoms with E-state index in [4.69, 9.17) is 10.3 Å². The Hall–Kier alpha value is -1.80. The number of thiophene rings is 1. The predicted molar refractivity (Wildman–Crippen MR) is 68.7 cm³/mol. The third-order valence-corrected chi connectivity index (χ3v) is 4.44. The third kappa shape index (κ3) is 1.92. The van der Waals surface area contributed by atoms with E-state index in [2.05, 4.69) is 10.1 Å². The standard InChI is InChI=1S/C11H12N4O3S/c1-6-7(15(16)17)5-8(19-6)9-13-10(14-18-9)11(12)3-2-4-11/h5H,2-4,12H2,1H3. The molecule has 1 saturated carbocycles. The molecule has 0 unspecified atom stereocenters. The van der Waals surface area contributed by atoms with Crippen LogP contribution in [0.2, 0.25) is 0 Å². The SMILES string of the molecule is Cc1sc(-c2nc(C3(N)CCC3)no2)cc1[N+](=O)[O-]. The summed E-state index contributed by atoms with van der Waals surface area (Å²) in [4.78, 5) is 15.9. The van der Waals surface area contributed by atoms with Crippen LogP contribution >= 0.6 is 11.3 Å². The molecule has 7 nitrogen and oxygen atoms in total. The van der Waals surface area contributed by atoms with Gasteiger partial charge in [0.15, 0.2) is 5.82 Å². The summed E-state index contributed by atoms with van der Waals surface area (Å²) in [6.45, 7) is 1.69. The number of aryl methyl sites for hydroxylation is 1. The summed E-state index contributed by atoms with van der Waals surface area (Å²) >= 11 is 1.27. The Bertz CT molecular complexity index is 644. The lowest BCUT2D eigenvalue weighted by Gasteiger charge is -2.34. The Morgan fingerprint density at radius 1 is 1.58 bits per heavy atom. The summed E-state index contributed by atoms with van der Waals surface area (Å²) in [5.74, 6) is 0.787. The largest absolute Gasteiger partial charge is 0.333 e. The van der Waals surface area contributed by atoms with Crippen molar-refractivity contribution in [2.45, 2.75) is 31.7 Å². The van der Waals surface area contributed by atoms with Gasteiger partial charge in [-0.2, -0.15) is 4.98 Å². The van der Waals surface area contributed by atoms with Gasteiger partial charge in [-0.1, -0.05) is 5.16 Å². The van der Waals surface area contributed by atoms with Crippen LogP contribution in [0.5, 0.6) is 0 Å². The highest BCUT2D eigenvalue weighted by molar-refractivity contribution is 7.15. The lowest BCUT2D eigenvalue weighted by Crippen LogP contribution is -2.44. The van der Waals surface area contributed by atoms with Crippen molar-refractivity contribution < 1.29 is 9.45 Å². The zero-order valence-electron chi connectivity index (χ0n) is 10.3. The summed E-state index contributed by atoms with van der Waals surface area (Å²) in [7, 11) is 0. The number of aromatic nitrogens is 2. The van der Waals surface area contributed by atoms with Crippen molar-refractivity contribution in [1.82, 2.24) is 10.1 Å². The molecule has 0 radical (unpaired) electrons. The van der Waals surface area contributed by atoms with Crippen LogP contribution < -0.4 is 5.73 Å². The highest BCUT2D eigenvalue weighted by Crippen LogP contribution is 2.39. The van der Waals surface area contributed by atoms with Gasteiger partial charge < -0.3 is 10.3 Å². The van der Waals surface area contributed by atoms with Crippen molar-refractivity contribution in [3.05, 3.63) is 26.9 Å². The molecular formula is C11H12N4O3S. The molecule has 3 rings (SSSR count). The molecular weight excluding hydrogens is 268 g/mol. The first-order valence-electron chi connectivity index (χ1n) is 5.88. The minimum absolute atomic E-state index is 0.0749. The molecule has 0 amide bonds. The molecule has 0 spiro atoms. The van der Waals surface area contributed by atoms with Gasteiger partial charge in [-0.05, 0) is 26.2 Å². The molecule has 0 aromatic carbocycles. The van der Waals surface area contributed by atoms with Crippen molar-refractivity contribution in [2.75, 3.05) is 0 Å². The van der Waals surface area contributed by atoms with E-state index in [1.165, 1.54) is 17.4 Å². The van der Waals surface area contributed by atoms with Crippen molar-refractivity contribution in [3.8, 4) is 10.8 Å². The van der Waals surface area contributed by atoms with E-state index in [-0.39, 0.29) is 5.69 Å². The van der Waals surface area contributed by atoms with E-state index >= 15 is 0 Å². The first-order valence-corrected chi connectivity index (χ1v) is 6.69. The van der Waals surface area contributed by atoms with Crippen LogP contribution in [-0.2, 0) is 5.54 Å². The van der Waals surface area contributed by atoms with Crippen LogP contribution in [0.25, 0.3) is 10.8 Å². The molecule has 2 aromatic rings. The fourth-order valence-corrected chi connectivity index (χ4v) is 2.97. The summed E-state index contributed by atoms with van der Waals surface area (Å²) in [5.41, 5.74) is 5.70. The molecule has 0 saturated heterocycles. The van der Waals surface area contributed by atoms with Crippen LogP contribution in [0.4, 0.5) is 5.69 Å². The predicted octanol–water partition coefficient (Wildman–Crippen LogP) is 2.35. The molecule has 8 heteroatoms. The maximum Gasteiger partial charge on any atom is 0.283 e. The van der Waals surface area contributed by atoms with E-state index in [1.807, 2.05) is 0 Å². The molecule has 1 aliphatic rings. The van der Waals surface area contributed by atoms with Crippen LogP contribution in [0, 0.1) is 17.0 Å². The summed E-state index contributed by atoms with van der Waals surface area (Å²) in [6.07, 6.45) is 2.75. The maximum atomic E-state index is 10.8. The van der Waals surface area contributed by atoms with E-state index in [0.717, 1.165) is 19.3 Å². The number of hydrogen-bond acceptors (Lipinski definition) is 7. The topological polar surface area (TPSA) is 108 Å². The van der Waals surface area contributed by atoms with Crippen LogP contribution in [0.15, 0.2) is 10.6 Å². The van der Waals surface area contributed by atoms with Gasteiger partial charge in [0.2, 0.25) is 0 Å². The first-order chi connectivity index (χ1) is 8.99. The molecule has 19 heavy (non-hydrogen) atoms. The van der Waals surface area contributed by atoms with Crippen LogP contribution in [-0.4, -0.2) is 15.1 Å². The molecule has 1 aliphatic carbocycles. The Labute approximate surface area is 112 Å². The average molecular weight is 280 g/mol. The Kier molecular flexibility index (Phi) is 2.64. The van der Waals surface area contributed by atoms with Gasteiger partial charge in [0.1, 0.15) is 0 Å². The van der Waals surface area contributed by atoms with Gasteiger partial charge in [-0.3, -0.25) is 10.1 Å². The zero-order valence-corrected chi connectivity index (χ0v) is 11.1. The average Bonchev–Trinajstić information content (AvgIpc) is 2.91. The zero-order chi connectivity index (χ0) is 13.6. The molecule has 0 atom stereocenters. The van der Waals surface area contributed by atoms with Gasteiger partial charge >= 0.3 is 0 Å². The third-order valence-electron chi connectivity index (χ3n) is 3.42.